The van der Waals surface area contributed by atoms with E-state index < -0.39 is 0 Å². The first-order chi connectivity index (χ1) is 9.08. The largest absolute Gasteiger partial charge is 0.393 e. The highest BCUT2D eigenvalue weighted by Gasteiger charge is 2.31. The maximum Gasteiger partial charge on any atom is 0.184 e. The second-order valence-corrected chi connectivity index (χ2v) is 5.77. The topological polar surface area (TPSA) is 38.7 Å². The summed E-state index contributed by atoms with van der Waals surface area (Å²) < 4.78 is 11.8. The van der Waals surface area contributed by atoms with Gasteiger partial charge in [0.2, 0.25) is 0 Å². The van der Waals surface area contributed by atoms with Crippen LogP contribution in [0.5, 0.6) is 0 Å². The van der Waals surface area contributed by atoms with Gasteiger partial charge in [-0.15, -0.1) is 0 Å². The van der Waals surface area contributed by atoms with Crippen molar-refractivity contribution in [3.8, 4) is 0 Å². The van der Waals surface area contributed by atoms with Gasteiger partial charge in [0.25, 0.3) is 0 Å². The summed E-state index contributed by atoms with van der Waals surface area (Å²) in [7, 11) is 0. The van der Waals surface area contributed by atoms with Crippen LogP contribution in [0.15, 0.2) is 30.3 Å². The molecule has 0 aliphatic carbocycles. The highest BCUT2D eigenvalue weighted by molar-refractivity contribution is 5.16. The van der Waals surface area contributed by atoms with Crippen LogP contribution in [0, 0.1) is 11.8 Å². The first-order valence-electron chi connectivity index (χ1n) is 7.08. The molecule has 106 valence electrons. The summed E-state index contributed by atoms with van der Waals surface area (Å²) in [6.07, 6.45) is 0.103. The summed E-state index contributed by atoms with van der Waals surface area (Å²) in [5.41, 5.74) is 1.04. The minimum Gasteiger partial charge on any atom is -0.393 e. The van der Waals surface area contributed by atoms with E-state index in [-0.39, 0.29) is 24.4 Å². The van der Waals surface area contributed by atoms with E-state index in [9.17, 15) is 5.11 Å². The molecule has 1 saturated heterocycles. The van der Waals surface area contributed by atoms with Crippen LogP contribution in [0.25, 0.3) is 0 Å². The molecule has 1 N–H and O–H groups in total. The fourth-order valence-corrected chi connectivity index (χ4v) is 2.26. The number of aliphatic hydroxyl groups is 1. The van der Waals surface area contributed by atoms with Crippen LogP contribution in [0.1, 0.15) is 39.0 Å². The van der Waals surface area contributed by atoms with Gasteiger partial charge in [0, 0.05) is 17.9 Å². The van der Waals surface area contributed by atoms with Crippen molar-refractivity contribution < 1.29 is 14.6 Å². The molecule has 1 heterocycles. The molecule has 0 unspecified atom stereocenters. The van der Waals surface area contributed by atoms with E-state index in [4.69, 9.17) is 9.47 Å². The summed E-state index contributed by atoms with van der Waals surface area (Å²) in [6.45, 7) is 6.85. The lowest BCUT2D eigenvalue weighted by Crippen LogP contribution is -2.37. The van der Waals surface area contributed by atoms with Gasteiger partial charge in [-0.2, -0.15) is 0 Å². The summed E-state index contributed by atoms with van der Waals surface area (Å²) in [5.74, 6) is 0.571. The zero-order chi connectivity index (χ0) is 13.8. The Bertz CT molecular complexity index is 377. The van der Waals surface area contributed by atoms with Gasteiger partial charge in [-0.25, -0.2) is 0 Å². The predicted octanol–water partition coefficient (Wildman–Crippen LogP) is 3.14. The molecule has 1 aliphatic heterocycles. The highest BCUT2D eigenvalue weighted by atomic mass is 16.7. The number of benzene rings is 1. The van der Waals surface area contributed by atoms with E-state index in [2.05, 4.69) is 6.92 Å². The second kappa shape index (κ2) is 6.51. The molecule has 3 nitrogen and oxygen atoms in total. The molecule has 0 bridgehead atoms. The molecule has 1 fully saturated rings. The quantitative estimate of drug-likeness (QED) is 0.908. The lowest BCUT2D eigenvalue weighted by molar-refractivity contribution is -0.244. The zero-order valence-electron chi connectivity index (χ0n) is 12.0. The van der Waals surface area contributed by atoms with Crippen LogP contribution >= 0.6 is 0 Å². The fourth-order valence-electron chi connectivity index (χ4n) is 2.26. The zero-order valence-corrected chi connectivity index (χ0v) is 12.0. The molecule has 19 heavy (non-hydrogen) atoms. The van der Waals surface area contributed by atoms with Crippen molar-refractivity contribution in [2.75, 3.05) is 6.61 Å². The molecule has 3 heteroatoms. The average molecular weight is 264 g/mol. The molecule has 0 saturated carbocycles. The summed E-state index contributed by atoms with van der Waals surface area (Å²) >= 11 is 0. The molecule has 4 atom stereocenters. The minimum absolute atomic E-state index is 0.0522. The Morgan fingerprint density at radius 2 is 1.95 bits per heavy atom. The molecule has 2 rings (SSSR count). The number of hydrogen-bond acceptors (Lipinski definition) is 3. The standard InChI is InChI=1S/C16H24O3/c1-11(2)14(17)9-15-12(3)10-18-16(19-15)13-7-5-4-6-8-13/h4-8,11-12,14-17H,9-10H2,1-3H3/t12-,14+,15-,16+/m0/s1. The van der Waals surface area contributed by atoms with Crippen molar-refractivity contribution in [1.82, 2.24) is 0 Å². The smallest absolute Gasteiger partial charge is 0.184 e. The van der Waals surface area contributed by atoms with E-state index in [0.29, 0.717) is 18.9 Å². The van der Waals surface area contributed by atoms with Gasteiger partial charge in [0.15, 0.2) is 6.29 Å². The van der Waals surface area contributed by atoms with Gasteiger partial charge in [-0.3, -0.25) is 0 Å². The molecule has 0 radical (unpaired) electrons. The highest BCUT2D eigenvalue weighted by Crippen LogP contribution is 2.31. The van der Waals surface area contributed by atoms with E-state index >= 15 is 0 Å². The van der Waals surface area contributed by atoms with Gasteiger partial charge < -0.3 is 14.6 Å². The first-order valence-corrected chi connectivity index (χ1v) is 7.08. The molecular weight excluding hydrogens is 240 g/mol. The maximum atomic E-state index is 10.0. The Morgan fingerprint density at radius 1 is 1.26 bits per heavy atom. The Labute approximate surface area is 115 Å². The van der Waals surface area contributed by atoms with Crippen LogP contribution in [0.2, 0.25) is 0 Å². The SMILES string of the molecule is CC(C)[C@H](O)C[C@@H]1O[C@H](c2ccccc2)OC[C@@H]1C. The molecule has 0 aromatic heterocycles. The lowest BCUT2D eigenvalue weighted by atomic mass is 9.93. The van der Waals surface area contributed by atoms with Gasteiger partial charge >= 0.3 is 0 Å². The second-order valence-electron chi connectivity index (χ2n) is 5.77. The molecule has 1 aliphatic rings. The normalized spacial score (nSPS) is 29.4. The van der Waals surface area contributed by atoms with Gasteiger partial charge in [-0.1, -0.05) is 51.1 Å². The lowest BCUT2D eigenvalue weighted by Gasteiger charge is -2.36. The third-order valence-electron chi connectivity index (χ3n) is 3.76. The monoisotopic (exact) mass is 264 g/mol. The molecule has 1 aromatic rings. The molecule has 0 spiro atoms. The average Bonchev–Trinajstić information content (AvgIpc) is 2.42. The van der Waals surface area contributed by atoms with Crippen molar-refractivity contribution in [3.05, 3.63) is 35.9 Å². The van der Waals surface area contributed by atoms with Crippen molar-refractivity contribution in [2.45, 2.75) is 45.7 Å². The minimum atomic E-state index is -0.318. The van der Waals surface area contributed by atoms with Crippen LogP contribution in [0.4, 0.5) is 0 Å². The van der Waals surface area contributed by atoms with E-state index in [1.54, 1.807) is 0 Å². The maximum absolute atomic E-state index is 10.0. The van der Waals surface area contributed by atoms with Crippen molar-refractivity contribution >= 4 is 0 Å². The van der Waals surface area contributed by atoms with Crippen molar-refractivity contribution in [2.24, 2.45) is 11.8 Å². The Hall–Kier alpha value is -0.900. The van der Waals surface area contributed by atoms with E-state index in [0.717, 1.165) is 5.56 Å². The van der Waals surface area contributed by atoms with Crippen LogP contribution in [0.3, 0.4) is 0 Å². The third-order valence-corrected chi connectivity index (χ3v) is 3.76. The fraction of sp³-hybridized carbons (Fsp3) is 0.625. The van der Waals surface area contributed by atoms with E-state index in [1.807, 2.05) is 44.2 Å². The number of aliphatic hydroxyl groups excluding tert-OH is 1. The van der Waals surface area contributed by atoms with E-state index in [1.165, 1.54) is 0 Å². The van der Waals surface area contributed by atoms with Crippen molar-refractivity contribution in [3.63, 3.8) is 0 Å². The number of hydrogen-bond donors (Lipinski definition) is 1. The molecule has 1 aromatic carbocycles. The van der Waals surface area contributed by atoms with Crippen LogP contribution < -0.4 is 0 Å². The predicted molar refractivity (Wildman–Crippen MR) is 74.6 cm³/mol. The third kappa shape index (κ3) is 3.78. The number of ether oxygens (including phenoxy) is 2. The Morgan fingerprint density at radius 3 is 2.58 bits per heavy atom. The Balaban J connectivity index is 2.00. The summed E-state index contributed by atoms with van der Waals surface area (Å²) in [5, 5.41) is 10.0. The number of rotatable bonds is 4. The summed E-state index contributed by atoms with van der Waals surface area (Å²) in [4.78, 5) is 0. The van der Waals surface area contributed by atoms with Gasteiger partial charge in [-0.05, 0) is 5.92 Å². The summed E-state index contributed by atoms with van der Waals surface area (Å²) in [6, 6.07) is 9.97. The van der Waals surface area contributed by atoms with Gasteiger partial charge in [0.05, 0.1) is 18.8 Å². The van der Waals surface area contributed by atoms with Crippen molar-refractivity contribution in [1.29, 1.82) is 0 Å². The Kier molecular flexibility index (Phi) is 4.97. The molecule has 0 amide bonds. The molecular formula is C16H24O3. The van der Waals surface area contributed by atoms with Gasteiger partial charge in [0.1, 0.15) is 0 Å². The van der Waals surface area contributed by atoms with Crippen LogP contribution in [-0.4, -0.2) is 23.9 Å². The first kappa shape index (κ1) is 14.5. The van der Waals surface area contributed by atoms with Crippen LogP contribution in [-0.2, 0) is 9.47 Å².